The van der Waals surface area contributed by atoms with Crippen LogP contribution in [0.5, 0.6) is 0 Å². The van der Waals surface area contributed by atoms with Crippen LogP contribution < -0.4 is 5.32 Å². The van der Waals surface area contributed by atoms with Gasteiger partial charge in [-0.2, -0.15) is 0 Å². The van der Waals surface area contributed by atoms with Gasteiger partial charge in [-0.25, -0.2) is 0 Å². The zero-order valence-electron chi connectivity index (χ0n) is 9.63. The molecule has 1 aromatic rings. The summed E-state index contributed by atoms with van der Waals surface area (Å²) in [5.41, 5.74) is 1.27. The van der Waals surface area contributed by atoms with Crippen LogP contribution >= 0.6 is 23.4 Å². The Morgan fingerprint density at radius 1 is 1.44 bits per heavy atom. The zero-order chi connectivity index (χ0) is 11.4. The Hall–Kier alpha value is -0.180. The second-order valence-electron chi connectivity index (χ2n) is 4.22. The van der Waals surface area contributed by atoms with Crippen LogP contribution in [0, 0.1) is 0 Å². The van der Waals surface area contributed by atoms with Crippen LogP contribution in [0.25, 0.3) is 0 Å². The fraction of sp³-hybridized carbons (Fsp3) is 0.538. The van der Waals surface area contributed by atoms with Crippen LogP contribution in [0.3, 0.4) is 0 Å². The molecule has 0 bridgehead atoms. The van der Waals surface area contributed by atoms with E-state index in [4.69, 9.17) is 11.6 Å². The van der Waals surface area contributed by atoms with Crippen LogP contribution in [-0.2, 0) is 6.54 Å². The number of hydrogen-bond acceptors (Lipinski definition) is 2. The van der Waals surface area contributed by atoms with E-state index in [2.05, 4.69) is 18.3 Å². The molecule has 0 aromatic heterocycles. The average molecular weight is 256 g/mol. The lowest BCUT2D eigenvalue weighted by atomic mass is 10.2. The van der Waals surface area contributed by atoms with E-state index in [9.17, 15) is 0 Å². The highest BCUT2D eigenvalue weighted by Gasteiger charge is 2.21. The maximum atomic E-state index is 6.26. The van der Waals surface area contributed by atoms with Gasteiger partial charge in [0.05, 0.1) is 0 Å². The van der Waals surface area contributed by atoms with Crippen molar-refractivity contribution in [3.8, 4) is 0 Å². The molecule has 0 heterocycles. The summed E-state index contributed by atoms with van der Waals surface area (Å²) in [5, 5.41) is 4.43. The number of rotatable bonds is 6. The molecule has 0 atom stereocenters. The molecule has 1 nitrogen and oxygen atoms in total. The number of benzene rings is 1. The fourth-order valence-corrected chi connectivity index (χ4v) is 2.84. The minimum absolute atomic E-state index is 0.736. The van der Waals surface area contributed by atoms with Crippen molar-refractivity contribution in [2.75, 3.05) is 5.75 Å². The van der Waals surface area contributed by atoms with Crippen LogP contribution in [0.1, 0.15) is 31.7 Å². The van der Waals surface area contributed by atoms with Crippen molar-refractivity contribution in [1.82, 2.24) is 5.32 Å². The van der Waals surface area contributed by atoms with E-state index in [1.807, 2.05) is 23.9 Å². The molecule has 0 amide bonds. The van der Waals surface area contributed by atoms with Gasteiger partial charge in [0.1, 0.15) is 0 Å². The van der Waals surface area contributed by atoms with E-state index >= 15 is 0 Å². The van der Waals surface area contributed by atoms with Gasteiger partial charge in [0, 0.05) is 22.5 Å². The molecule has 0 aliphatic heterocycles. The van der Waals surface area contributed by atoms with Crippen LogP contribution in [0.2, 0.25) is 5.02 Å². The lowest BCUT2D eigenvalue weighted by molar-refractivity contribution is 0.680. The Bertz CT molecular complexity index is 350. The van der Waals surface area contributed by atoms with Crippen LogP contribution in [0.15, 0.2) is 23.1 Å². The number of halogens is 1. The van der Waals surface area contributed by atoms with E-state index < -0.39 is 0 Å². The van der Waals surface area contributed by atoms with Crippen molar-refractivity contribution < 1.29 is 0 Å². The molecule has 3 heteroatoms. The van der Waals surface area contributed by atoms with Crippen molar-refractivity contribution in [3.63, 3.8) is 0 Å². The lowest BCUT2D eigenvalue weighted by Gasteiger charge is -2.11. The van der Waals surface area contributed by atoms with Gasteiger partial charge in [0.2, 0.25) is 0 Å². The zero-order valence-corrected chi connectivity index (χ0v) is 11.2. The highest BCUT2D eigenvalue weighted by atomic mass is 35.5. The molecule has 1 aliphatic rings. The Morgan fingerprint density at radius 3 is 2.94 bits per heavy atom. The van der Waals surface area contributed by atoms with Gasteiger partial charge < -0.3 is 5.32 Å². The number of hydrogen-bond donors (Lipinski definition) is 1. The third-order valence-corrected chi connectivity index (χ3v) is 4.34. The first-order valence-electron chi connectivity index (χ1n) is 5.95. The van der Waals surface area contributed by atoms with Crippen molar-refractivity contribution in [2.45, 2.75) is 43.7 Å². The summed E-state index contributed by atoms with van der Waals surface area (Å²) in [6.45, 7) is 3.12. The predicted octanol–water partition coefficient (Wildman–Crippen LogP) is 4.09. The maximum Gasteiger partial charge on any atom is 0.0462 e. The van der Waals surface area contributed by atoms with Crippen molar-refractivity contribution in [1.29, 1.82) is 0 Å². The van der Waals surface area contributed by atoms with E-state index in [0.29, 0.717) is 0 Å². The van der Waals surface area contributed by atoms with E-state index in [1.54, 1.807) is 0 Å². The minimum atomic E-state index is 0.736. The Balaban J connectivity index is 2.04. The highest BCUT2D eigenvalue weighted by Crippen LogP contribution is 2.30. The highest BCUT2D eigenvalue weighted by molar-refractivity contribution is 7.99. The molecular weight excluding hydrogens is 238 g/mol. The van der Waals surface area contributed by atoms with Gasteiger partial charge in [0.25, 0.3) is 0 Å². The van der Waals surface area contributed by atoms with Crippen LogP contribution in [0.4, 0.5) is 0 Å². The summed E-state index contributed by atoms with van der Waals surface area (Å²) in [6, 6.07) is 6.94. The lowest BCUT2D eigenvalue weighted by Crippen LogP contribution is -2.16. The third-order valence-electron chi connectivity index (χ3n) is 2.68. The molecule has 88 valence electrons. The fourth-order valence-electron chi connectivity index (χ4n) is 1.59. The molecule has 0 spiro atoms. The third kappa shape index (κ3) is 3.41. The van der Waals surface area contributed by atoms with Gasteiger partial charge in [-0.15, -0.1) is 11.8 Å². The summed E-state index contributed by atoms with van der Waals surface area (Å²) in [7, 11) is 0. The Labute approximate surface area is 107 Å². The average Bonchev–Trinajstić information content (AvgIpc) is 3.09. The molecule has 1 aliphatic carbocycles. The monoisotopic (exact) mass is 255 g/mol. The molecule has 0 unspecified atom stereocenters. The van der Waals surface area contributed by atoms with Gasteiger partial charge in [-0.3, -0.25) is 0 Å². The smallest absolute Gasteiger partial charge is 0.0462 e. The second kappa shape index (κ2) is 5.95. The Kier molecular flexibility index (Phi) is 4.56. The summed E-state index contributed by atoms with van der Waals surface area (Å²) in [5.74, 6) is 1.16. The van der Waals surface area contributed by atoms with E-state index in [1.165, 1.54) is 29.7 Å². The SMILES string of the molecule is CCCSc1cccc(Cl)c1CNC1CC1. The predicted molar refractivity (Wildman–Crippen MR) is 72.3 cm³/mol. The largest absolute Gasteiger partial charge is 0.310 e. The first kappa shape index (κ1) is 12.3. The summed E-state index contributed by atoms with van der Waals surface area (Å²) >= 11 is 8.17. The molecule has 1 fully saturated rings. The molecule has 2 rings (SSSR count). The number of nitrogens with one attached hydrogen (secondary N) is 1. The van der Waals surface area contributed by atoms with Crippen molar-refractivity contribution >= 4 is 23.4 Å². The summed E-state index contributed by atoms with van der Waals surface area (Å²) < 4.78 is 0. The second-order valence-corrected chi connectivity index (χ2v) is 5.76. The first-order valence-corrected chi connectivity index (χ1v) is 7.31. The topological polar surface area (TPSA) is 12.0 Å². The van der Waals surface area contributed by atoms with E-state index in [-0.39, 0.29) is 0 Å². The summed E-state index contributed by atoms with van der Waals surface area (Å²) in [6.07, 6.45) is 3.84. The number of thioether (sulfide) groups is 1. The van der Waals surface area contributed by atoms with Gasteiger partial charge in [0.15, 0.2) is 0 Å². The van der Waals surface area contributed by atoms with E-state index in [0.717, 1.165) is 23.4 Å². The maximum absolute atomic E-state index is 6.26. The normalized spacial score (nSPS) is 15.4. The molecule has 1 aromatic carbocycles. The standard InChI is InChI=1S/C13H18ClNS/c1-2-8-16-13-5-3-4-12(14)11(13)9-15-10-6-7-10/h3-5,10,15H,2,6-9H2,1H3. The van der Waals surface area contributed by atoms with Crippen molar-refractivity contribution in [2.24, 2.45) is 0 Å². The van der Waals surface area contributed by atoms with Crippen LogP contribution in [-0.4, -0.2) is 11.8 Å². The Morgan fingerprint density at radius 2 is 2.25 bits per heavy atom. The van der Waals surface area contributed by atoms with Crippen molar-refractivity contribution in [3.05, 3.63) is 28.8 Å². The molecule has 1 N–H and O–H groups in total. The van der Waals surface area contributed by atoms with Gasteiger partial charge in [-0.1, -0.05) is 24.6 Å². The molecule has 0 saturated heterocycles. The molecule has 0 radical (unpaired) electrons. The quantitative estimate of drug-likeness (QED) is 0.769. The first-order chi connectivity index (χ1) is 7.81. The minimum Gasteiger partial charge on any atom is -0.310 e. The summed E-state index contributed by atoms with van der Waals surface area (Å²) in [4.78, 5) is 1.34. The molecule has 16 heavy (non-hydrogen) atoms. The van der Waals surface area contributed by atoms with Gasteiger partial charge >= 0.3 is 0 Å². The molecular formula is C13H18ClNS. The van der Waals surface area contributed by atoms with Gasteiger partial charge in [-0.05, 0) is 42.7 Å². The molecule has 1 saturated carbocycles.